The third kappa shape index (κ3) is 6.59. The number of nitrogens with zero attached hydrogens (tertiary/aromatic N) is 2. The van der Waals surface area contributed by atoms with Crippen molar-refractivity contribution in [2.45, 2.75) is 58.8 Å². The van der Waals surface area contributed by atoms with Crippen molar-refractivity contribution in [1.82, 2.24) is 0 Å². The Hall–Kier alpha value is -2.50. The molecular formula is C22H33N3O3. The Morgan fingerprint density at radius 3 is 2.46 bits per heavy atom. The van der Waals surface area contributed by atoms with Crippen molar-refractivity contribution < 1.29 is 14.3 Å². The molecule has 0 saturated carbocycles. The summed E-state index contributed by atoms with van der Waals surface area (Å²) in [6, 6.07) is 9.61. The van der Waals surface area contributed by atoms with Gasteiger partial charge in [-0.1, -0.05) is 64.2 Å². The third-order valence-corrected chi connectivity index (χ3v) is 4.55. The molecule has 0 spiro atoms. The van der Waals surface area contributed by atoms with Crippen LogP contribution in [0.3, 0.4) is 0 Å². The fourth-order valence-corrected chi connectivity index (χ4v) is 2.87. The van der Waals surface area contributed by atoms with Crippen LogP contribution in [0.1, 0.15) is 58.8 Å². The molecule has 0 bridgehead atoms. The number of ether oxygens (including phenoxy) is 2. The number of unbranched alkanes of at least 4 members (excludes halogenated alkanes) is 5. The zero-order chi connectivity index (χ0) is 20.2. The number of anilines is 1. The Morgan fingerprint density at radius 1 is 1.04 bits per heavy atom. The maximum Gasteiger partial charge on any atom is 0.320 e. The van der Waals surface area contributed by atoms with Gasteiger partial charge in [-0.15, -0.1) is 0 Å². The van der Waals surface area contributed by atoms with E-state index < -0.39 is 5.92 Å². The van der Waals surface area contributed by atoms with Crippen LogP contribution in [-0.2, 0) is 14.3 Å². The summed E-state index contributed by atoms with van der Waals surface area (Å²) < 4.78 is 11.3. The molecule has 0 fully saturated rings. The highest BCUT2D eigenvalue weighted by Gasteiger charge is 2.30. The van der Waals surface area contributed by atoms with Gasteiger partial charge in [0.05, 0.1) is 18.9 Å². The Morgan fingerprint density at radius 2 is 1.75 bits per heavy atom. The van der Waals surface area contributed by atoms with E-state index >= 15 is 0 Å². The molecule has 1 heterocycles. The molecule has 0 radical (unpaired) electrons. The predicted molar refractivity (Wildman–Crippen MR) is 113 cm³/mol. The molecule has 0 aliphatic carbocycles. The van der Waals surface area contributed by atoms with E-state index in [9.17, 15) is 4.79 Å². The first kappa shape index (κ1) is 21.8. The first-order chi connectivity index (χ1) is 13.7. The Bertz CT molecular complexity index is 658. The number of carbonyl (C=O) groups is 1. The molecule has 154 valence electrons. The summed E-state index contributed by atoms with van der Waals surface area (Å²) in [5, 5.41) is 6.06. The quantitative estimate of drug-likeness (QED) is 0.420. The topological polar surface area (TPSA) is 77.2 Å². The third-order valence-electron chi connectivity index (χ3n) is 4.55. The summed E-state index contributed by atoms with van der Waals surface area (Å²) in [4.78, 5) is 12.5. The van der Waals surface area contributed by atoms with Gasteiger partial charge in [0, 0.05) is 0 Å². The maximum atomic E-state index is 12.5. The Kier molecular flexibility index (Phi) is 9.39. The molecular weight excluding hydrogens is 354 g/mol. The summed E-state index contributed by atoms with van der Waals surface area (Å²) in [5.41, 5.74) is 6.93. The Labute approximate surface area is 168 Å². The van der Waals surface area contributed by atoms with Crippen molar-refractivity contribution in [3.05, 3.63) is 42.3 Å². The molecule has 1 aromatic carbocycles. The van der Waals surface area contributed by atoms with Crippen LogP contribution in [0.15, 0.2) is 47.4 Å². The zero-order valence-corrected chi connectivity index (χ0v) is 17.1. The summed E-state index contributed by atoms with van der Waals surface area (Å²) in [5.74, 6) is -0.366. The molecule has 1 aliphatic heterocycles. The monoisotopic (exact) mass is 387 g/mol. The van der Waals surface area contributed by atoms with Crippen molar-refractivity contribution in [2.75, 3.05) is 18.2 Å². The van der Waals surface area contributed by atoms with Crippen LogP contribution in [0.5, 0.6) is 0 Å². The first-order valence-electron chi connectivity index (χ1n) is 10.4. The number of hydrogen-bond acceptors (Lipinski definition) is 6. The standard InChI is InChI=1S/C22H33N3O3/c1-3-5-7-8-12-16-28-22(26)19-17-20(27-15-6-4-2)25(24-21(19)23)18-13-10-9-11-14-18/h9-11,13-14,17,19H,3-8,12,15-16H2,1-2H3,(H2,23,24). The van der Waals surface area contributed by atoms with Gasteiger partial charge < -0.3 is 15.2 Å². The molecule has 1 unspecified atom stereocenters. The minimum Gasteiger partial charge on any atom is -0.478 e. The van der Waals surface area contributed by atoms with Gasteiger partial charge in [-0.3, -0.25) is 4.79 Å². The van der Waals surface area contributed by atoms with Gasteiger partial charge in [0.2, 0.25) is 5.88 Å². The molecule has 6 heteroatoms. The molecule has 0 saturated heterocycles. The lowest BCUT2D eigenvalue weighted by atomic mass is 10.1. The molecule has 2 N–H and O–H groups in total. The van der Waals surface area contributed by atoms with E-state index in [4.69, 9.17) is 15.2 Å². The number of nitrogens with two attached hydrogens (primary N) is 1. The van der Waals surface area contributed by atoms with Crippen molar-refractivity contribution in [3.63, 3.8) is 0 Å². The van der Waals surface area contributed by atoms with Gasteiger partial charge in [0.15, 0.2) is 0 Å². The molecule has 6 nitrogen and oxygen atoms in total. The van der Waals surface area contributed by atoms with Crippen LogP contribution in [-0.4, -0.2) is 25.0 Å². The fraction of sp³-hybridized carbons (Fsp3) is 0.545. The lowest BCUT2D eigenvalue weighted by Gasteiger charge is -2.28. The normalized spacial score (nSPS) is 16.4. The van der Waals surface area contributed by atoms with Gasteiger partial charge in [-0.2, -0.15) is 10.1 Å². The van der Waals surface area contributed by atoms with E-state index in [0.29, 0.717) is 19.1 Å². The second kappa shape index (κ2) is 12.1. The second-order valence-corrected chi connectivity index (χ2v) is 6.94. The minimum absolute atomic E-state index is 0.211. The molecule has 0 aromatic heterocycles. The largest absolute Gasteiger partial charge is 0.478 e. The van der Waals surface area contributed by atoms with Crippen molar-refractivity contribution in [1.29, 1.82) is 0 Å². The lowest BCUT2D eigenvalue weighted by molar-refractivity contribution is -0.145. The van der Waals surface area contributed by atoms with Crippen molar-refractivity contribution >= 4 is 17.5 Å². The summed E-state index contributed by atoms with van der Waals surface area (Å²) >= 11 is 0. The molecule has 0 amide bonds. The van der Waals surface area contributed by atoms with Gasteiger partial charge in [-0.25, -0.2) is 0 Å². The average Bonchev–Trinajstić information content (AvgIpc) is 2.72. The van der Waals surface area contributed by atoms with E-state index in [1.807, 2.05) is 30.3 Å². The van der Waals surface area contributed by atoms with E-state index in [0.717, 1.165) is 31.4 Å². The van der Waals surface area contributed by atoms with Gasteiger partial charge in [0.25, 0.3) is 0 Å². The zero-order valence-electron chi connectivity index (χ0n) is 17.1. The van der Waals surface area contributed by atoms with Crippen molar-refractivity contribution in [2.24, 2.45) is 16.8 Å². The number of hydrogen-bond donors (Lipinski definition) is 1. The summed E-state index contributed by atoms with van der Waals surface area (Å²) in [6.07, 6.45) is 9.17. The van der Waals surface area contributed by atoms with Gasteiger partial charge >= 0.3 is 5.97 Å². The summed E-state index contributed by atoms with van der Waals surface area (Å²) in [6.45, 7) is 5.25. The number of carbonyl (C=O) groups excluding carboxylic acids is 1. The molecule has 1 aliphatic rings. The number of esters is 1. The number of para-hydroxylation sites is 1. The van der Waals surface area contributed by atoms with E-state index in [2.05, 4.69) is 18.9 Å². The average molecular weight is 388 g/mol. The number of benzene rings is 1. The first-order valence-corrected chi connectivity index (χ1v) is 10.4. The van der Waals surface area contributed by atoms with E-state index in [1.165, 1.54) is 19.3 Å². The van der Waals surface area contributed by atoms with E-state index in [1.54, 1.807) is 11.1 Å². The maximum absolute atomic E-state index is 12.5. The highest BCUT2D eigenvalue weighted by Crippen LogP contribution is 2.26. The smallest absolute Gasteiger partial charge is 0.320 e. The minimum atomic E-state index is -0.716. The van der Waals surface area contributed by atoms with Crippen LogP contribution in [0.4, 0.5) is 5.69 Å². The van der Waals surface area contributed by atoms with Crippen LogP contribution in [0, 0.1) is 5.92 Å². The van der Waals surface area contributed by atoms with Crippen LogP contribution >= 0.6 is 0 Å². The molecule has 28 heavy (non-hydrogen) atoms. The molecule has 1 aromatic rings. The Balaban J connectivity index is 2.02. The van der Waals surface area contributed by atoms with Crippen LogP contribution in [0.2, 0.25) is 0 Å². The number of rotatable bonds is 12. The number of hydrazone groups is 1. The molecule has 1 atom stereocenters. The second-order valence-electron chi connectivity index (χ2n) is 6.94. The predicted octanol–water partition coefficient (Wildman–Crippen LogP) is 4.57. The SMILES string of the molecule is CCCCCCCOC(=O)C1C=C(OCCCC)N(c2ccccc2)N=C1N. The van der Waals surface area contributed by atoms with Gasteiger partial charge in [-0.05, 0) is 31.1 Å². The van der Waals surface area contributed by atoms with Gasteiger partial charge in [0.1, 0.15) is 11.8 Å². The highest BCUT2D eigenvalue weighted by atomic mass is 16.5. The van der Waals surface area contributed by atoms with E-state index in [-0.39, 0.29) is 11.8 Å². The van der Waals surface area contributed by atoms with Crippen LogP contribution in [0.25, 0.3) is 0 Å². The molecule has 2 rings (SSSR count). The highest BCUT2D eigenvalue weighted by molar-refractivity contribution is 6.03. The van der Waals surface area contributed by atoms with Crippen molar-refractivity contribution in [3.8, 4) is 0 Å². The summed E-state index contributed by atoms with van der Waals surface area (Å²) in [7, 11) is 0. The van der Waals surface area contributed by atoms with Crippen LogP contribution < -0.4 is 10.7 Å². The lowest BCUT2D eigenvalue weighted by Crippen LogP contribution is -2.38. The fourth-order valence-electron chi connectivity index (χ4n) is 2.87. The number of amidine groups is 1.